The second-order valence-electron chi connectivity index (χ2n) is 6.76. The molecule has 6 nitrogen and oxygen atoms in total. The van der Waals surface area contributed by atoms with Gasteiger partial charge in [0, 0.05) is 17.8 Å². The molecule has 0 radical (unpaired) electrons. The van der Waals surface area contributed by atoms with Crippen LogP contribution >= 0.6 is 11.6 Å². The monoisotopic (exact) mass is 398 g/mol. The van der Waals surface area contributed by atoms with E-state index in [1.54, 1.807) is 24.4 Å². The first-order valence-corrected chi connectivity index (χ1v) is 9.13. The number of primary amides is 1. The molecule has 8 heteroatoms. The van der Waals surface area contributed by atoms with Gasteiger partial charge in [-0.25, -0.2) is 9.07 Å². The third-order valence-electron chi connectivity index (χ3n) is 4.58. The van der Waals surface area contributed by atoms with E-state index in [-0.39, 0.29) is 22.3 Å². The Bertz CT molecular complexity index is 1120. The maximum Gasteiger partial charge on any atom is 0.269 e. The van der Waals surface area contributed by atoms with E-state index < -0.39 is 11.7 Å². The molecule has 2 aromatic heterocycles. The minimum absolute atomic E-state index is 0.0251. The van der Waals surface area contributed by atoms with Crippen LogP contribution in [0.15, 0.2) is 47.4 Å². The lowest BCUT2D eigenvalue weighted by atomic mass is 10.0. The van der Waals surface area contributed by atoms with Gasteiger partial charge in [-0.3, -0.25) is 14.6 Å². The average molecular weight is 399 g/mol. The highest BCUT2D eigenvalue weighted by molar-refractivity contribution is 6.30. The van der Waals surface area contributed by atoms with Crippen LogP contribution in [0.5, 0.6) is 0 Å². The third-order valence-corrected chi connectivity index (χ3v) is 4.87. The van der Waals surface area contributed by atoms with Crippen molar-refractivity contribution in [3.63, 3.8) is 0 Å². The van der Waals surface area contributed by atoms with Crippen LogP contribution in [-0.4, -0.2) is 20.7 Å². The predicted octanol–water partition coefficient (Wildman–Crippen LogP) is 3.12. The minimum Gasteiger partial charge on any atom is -0.364 e. The van der Waals surface area contributed by atoms with Gasteiger partial charge in [0.2, 0.25) is 0 Å². The van der Waals surface area contributed by atoms with Gasteiger partial charge in [-0.2, -0.15) is 5.10 Å². The molecule has 1 saturated carbocycles. The molecule has 0 atom stereocenters. The zero-order valence-corrected chi connectivity index (χ0v) is 15.5. The van der Waals surface area contributed by atoms with Crippen LogP contribution in [0.4, 0.5) is 4.39 Å². The third kappa shape index (κ3) is 3.66. The molecule has 142 valence electrons. The zero-order valence-electron chi connectivity index (χ0n) is 14.7. The fraction of sp³-hybridized carbons (Fsp3) is 0.200. The van der Waals surface area contributed by atoms with Gasteiger partial charge in [-0.05, 0) is 48.6 Å². The molecule has 0 bridgehead atoms. The maximum atomic E-state index is 13.3. The molecule has 1 fully saturated rings. The normalized spacial score (nSPS) is 13.5. The molecule has 28 heavy (non-hydrogen) atoms. The van der Waals surface area contributed by atoms with Gasteiger partial charge in [0.15, 0.2) is 5.69 Å². The number of hydrogen-bond acceptors (Lipinski definition) is 4. The summed E-state index contributed by atoms with van der Waals surface area (Å²) in [6.07, 6.45) is 3.87. The van der Waals surface area contributed by atoms with Crippen molar-refractivity contribution in [1.82, 2.24) is 14.8 Å². The standard InChI is InChI=1S/C20H16ClFN4O2/c21-15-8-11(1-5-16(15)22)7-12-2-6-17(24-10-12)14-9-18(27)26(13-3-4-13)25-19(14)20(23)28/h1-2,5-6,8-10,13H,3-4,7H2,(H2,23,28). The highest BCUT2D eigenvalue weighted by Gasteiger charge is 2.28. The molecule has 3 aromatic rings. The Hall–Kier alpha value is -3.06. The first-order valence-electron chi connectivity index (χ1n) is 8.75. The smallest absolute Gasteiger partial charge is 0.269 e. The number of rotatable bonds is 5. The van der Waals surface area contributed by atoms with Crippen LogP contribution in [0.25, 0.3) is 11.3 Å². The van der Waals surface area contributed by atoms with Crippen molar-refractivity contribution in [3.05, 3.63) is 80.6 Å². The Labute approximate surface area is 164 Å². The van der Waals surface area contributed by atoms with Crippen LogP contribution in [-0.2, 0) is 6.42 Å². The molecule has 1 aromatic carbocycles. The molecule has 2 N–H and O–H groups in total. The Balaban J connectivity index is 1.65. The summed E-state index contributed by atoms with van der Waals surface area (Å²) in [6.45, 7) is 0. The Morgan fingerprint density at radius 3 is 2.57 bits per heavy atom. The van der Waals surface area contributed by atoms with E-state index in [4.69, 9.17) is 17.3 Å². The number of hydrogen-bond donors (Lipinski definition) is 1. The summed E-state index contributed by atoms with van der Waals surface area (Å²) in [5, 5.41) is 4.22. The van der Waals surface area contributed by atoms with E-state index >= 15 is 0 Å². The molecular weight excluding hydrogens is 383 g/mol. The topological polar surface area (TPSA) is 90.9 Å². The number of pyridine rings is 1. The largest absolute Gasteiger partial charge is 0.364 e. The first kappa shape index (κ1) is 18.3. The minimum atomic E-state index is -0.712. The number of nitrogens with zero attached hydrogens (tertiary/aromatic N) is 3. The van der Waals surface area contributed by atoms with Gasteiger partial charge < -0.3 is 5.73 Å². The molecule has 2 heterocycles. The van der Waals surface area contributed by atoms with Crippen LogP contribution in [0.2, 0.25) is 5.02 Å². The van der Waals surface area contributed by atoms with E-state index in [9.17, 15) is 14.0 Å². The Morgan fingerprint density at radius 1 is 1.21 bits per heavy atom. The molecule has 4 rings (SSSR count). The van der Waals surface area contributed by atoms with E-state index in [0.717, 1.165) is 24.0 Å². The number of halogens is 2. The molecule has 0 unspecified atom stereocenters. The number of carbonyl (C=O) groups excluding carboxylic acids is 1. The van der Waals surface area contributed by atoms with Crippen molar-refractivity contribution in [2.24, 2.45) is 5.73 Å². The molecule has 0 spiro atoms. The summed E-state index contributed by atoms with van der Waals surface area (Å²) in [5.74, 6) is -1.18. The number of benzene rings is 1. The maximum absolute atomic E-state index is 13.3. The van der Waals surface area contributed by atoms with Crippen molar-refractivity contribution in [2.75, 3.05) is 0 Å². The van der Waals surface area contributed by atoms with Crippen molar-refractivity contribution < 1.29 is 9.18 Å². The number of aromatic nitrogens is 3. The summed E-state index contributed by atoms with van der Waals surface area (Å²) >= 11 is 5.81. The second kappa shape index (κ2) is 7.16. The van der Waals surface area contributed by atoms with Crippen molar-refractivity contribution >= 4 is 17.5 Å². The molecule has 0 aliphatic heterocycles. The summed E-state index contributed by atoms with van der Waals surface area (Å²) in [5.41, 5.74) is 7.65. The fourth-order valence-electron chi connectivity index (χ4n) is 3.00. The summed E-state index contributed by atoms with van der Waals surface area (Å²) < 4.78 is 14.6. The summed E-state index contributed by atoms with van der Waals surface area (Å²) in [7, 11) is 0. The second-order valence-corrected chi connectivity index (χ2v) is 7.17. The van der Waals surface area contributed by atoms with Crippen molar-refractivity contribution in [1.29, 1.82) is 0 Å². The first-order chi connectivity index (χ1) is 13.4. The Kier molecular flexibility index (Phi) is 4.68. The molecule has 1 aliphatic rings. The summed E-state index contributed by atoms with van der Waals surface area (Å²) in [6, 6.07) is 9.45. The lowest BCUT2D eigenvalue weighted by Gasteiger charge is -2.10. The lowest BCUT2D eigenvalue weighted by molar-refractivity contribution is 0.0994. The van der Waals surface area contributed by atoms with Gasteiger partial charge in [0.1, 0.15) is 5.82 Å². The van der Waals surface area contributed by atoms with E-state index in [1.807, 2.05) is 6.07 Å². The van der Waals surface area contributed by atoms with Crippen molar-refractivity contribution in [2.45, 2.75) is 25.3 Å². The van der Waals surface area contributed by atoms with Crippen LogP contribution in [0.1, 0.15) is 40.5 Å². The van der Waals surface area contributed by atoms with Gasteiger partial charge in [0.25, 0.3) is 11.5 Å². The quantitative estimate of drug-likeness (QED) is 0.714. The molecular formula is C20H16ClFN4O2. The average Bonchev–Trinajstić information content (AvgIpc) is 3.50. The Morgan fingerprint density at radius 2 is 1.96 bits per heavy atom. The molecule has 1 amide bonds. The zero-order chi connectivity index (χ0) is 19.8. The number of amides is 1. The van der Waals surface area contributed by atoms with Gasteiger partial charge in [-0.15, -0.1) is 0 Å². The highest BCUT2D eigenvalue weighted by atomic mass is 35.5. The number of carbonyl (C=O) groups is 1. The van der Waals surface area contributed by atoms with Crippen LogP contribution in [0.3, 0.4) is 0 Å². The highest BCUT2D eigenvalue weighted by Crippen LogP contribution is 2.33. The van der Waals surface area contributed by atoms with Gasteiger partial charge in [0.05, 0.1) is 16.8 Å². The predicted molar refractivity (Wildman–Crippen MR) is 103 cm³/mol. The van der Waals surface area contributed by atoms with Crippen molar-refractivity contribution in [3.8, 4) is 11.3 Å². The summed E-state index contributed by atoms with van der Waals surface area (Å²) in [4.78, 5) is 28.5. The van der Waals surface area contributed by atoms with Crippen LogP contribution in [0, 0.1) is 5.82 Å². The molecule has 1 aliphatic carbocycles. The van der Waals surface area contributed by atoms with Gasteiger partial charge in [-0.1, -0.05) is 23.7 Å². The van der Waals surface area contributed by atoms with E-state index in [1.165, 1.54) is 16.8 Å². The number of nitrogens with two attached hydrogens (primary N) is 1. The lowest BCUT2D eigenvalue weighted by Crippen LogP contribution is -2.27. The van der Waals surface area contributed by atoms with E-state index in [0.29, 0.717) is 17.7 Å². The molecule has 0 saturated heterocycles. The fourth-order valence-corrected chi connectivity index (χ4v) is 3.20. The van der Waals surface area contributed by atoms with Gasteiger partial charge >= 0.3 is 0 Å². The SMILES string of the molecule is NC(=O)c1nn(C2CC2)c(=O)cc1-c1ccc(Cc2ccc(F)c(Cl)c2)cn1. The van der Waals surface area contributed by atoms with E-state index in [2.05, 4.69) is 10.1 Å². The van der Waals surface area contributed by atoms with Crippen LogP contribution < -0.4 is 11.3 Å².